The molecule has 25 heavy (non-hydrogen) atoms. The molecule has 0 saturated carbocycles. The van der Waals surface area contributed by atoms with Crippen LogP contribution >= 0.6 is 0 Å². The zero-order valence-electron chi connectivity index (χ0n) is 14.8. The summed E-state index contributed by atoms with van der Waals surface area (Å²) in [5.74, 6) is 0.698. The van der Waals surface area contributed by atoms with Crippen molar-refractivity contribution in [2.45, 2.75) is 38.2 Å². The Morgan fingerprint density at radius 2 is 1.52 bits per heavy atom. The number of aliphatic hydroxyl groups excluding tert-OH is 1. The SMILES string of the molecule is C[C@H](CC(=O)N1CCC([C@@H](O)c2ccccc2)CC1)c1ccccc1. The van der Waals surface area contributed by atoms with Gasteiger partial charge in [-0.1, -0.05) is 67.6 Å². The molecule has 1 N–H and O–H groups in total. The van der Waals surface area contributed by atoms with Gasteiger partial charge in [0, 0.05) is 19.5 Å². The van der Waals surface area contributed by atoms with E-state index in [1.54, 1.807) is 0 Å². The van der Waals surface area contributed by atoms with Crippen molar-refractivity contribution >= 4 is 5.91 Å². The summed E-state index contributed by atoms with van der Waals surface area (Å²) >= 11 is 0. The topological polar surface area (TPSA) is 40.5 Å². The molecule has 2 aromatic rings. The Balaban J connectivity index is 1.51. The molecule has 1 saturated heterocycles. The van der Waals surface area contributed by atoms with Gasteiger partial charge in [0.2, 0.25) is 5.91 Å². The lowest BCUT2D eigenvalue weighted by Gasteiger charge is -2.35. The summed E-state index contributed by atoms with van der Waals surface area (Å²) in [6, 6.07) is 20.0. The highest BCUT2D eigenvalue weighted by Crippen LogP contribution is 2.31. The Morgan fingerprint density at radius 3 is 2.08 bits per heavy atom. The molecule has 0 bridgehead atoms. The molecule has 0 unspecified atom stereocenters. The summed E-state index contributed by atoms with van der Waals surface area (Å²) in [6.45, 7) is 3.60. The highest BCUT2D eigenvalue weighted by Gasteiger charge is 2.28. The van der Waals surface area contributed by atoms with Gasteiger partial charge in [-0.05, 0) is 35.8 Å². The van der Waals surface area contributed by atoms with Crippen LogP contribution in [0.4, 0.5) is 0 Å². The number of nitrogens with zero attached hydrogens (tertiary/aromatic N) is 1. The van der Waals surface area contributed by atoms with Crippen molar-refractivity contribution in [3.8, 4) is 0 Å². The predicted molar refractivity (Wildman–Crippen MR) is 100 cm³/mol. The van der Waals surface area contributed by atoms with Gasteiger partial charge in [-0.15, -0.1) is 0 Å². The van der Waals surface area contributed by atoms with Crippen LogP contribution in [0.2, 0.25) is 0 Å². The number of carbonyl (C=O) groups is 1. The molecule has 2 atom stereocenters. The van der Waals surface area contributed by atoms with Gasteiger partial charge in [-0.25, -0.2) is 0 Å². The second-order valence-corrected chi connectivity index (χ2v) is 7.09. The van der Waals surface area contributed by atoms with E-state index in [0.717, 1.165) is 31.5 Å². The van der Waals surface area contributed by atoms with Crippen LogP contribution in [0.3, 0.4) is 0 Å². The molecule has 3 heteroatoms. The van der Waals surface area contributed by atoms with E-state index in [1.807, 2.05) is 53.4 Å². The van der Waals surface area contributed by atoms with Crippen LogP contribution in [0, 0.1) is 5.92 Å². The molecule has 1 aliphatic heterocycles. The van der Waals surface area contributed by atoms with E-state index in [1.165, 1.54) is 5.56 Å². The zero-order chi connectivity index (χ0) is 17.6. The fourth-order valence-corrected chi connectivity index (χ4v) is 3.68. The minimum atomic E-state index is -0.429. The van der Waals surface area contributed by atoms with Gasteiger partial charge >= 0.3 is 0 Å². The Bertz CT molecular complexity index is 663. The quantitative estimate of drug-likeness (QED) is 0.890. The third-order valence-corrected chi connectivity index (χ3v) is 5.33. The molecule has 0 radical (unpaired) electrons. The number of hydrogen-bond donors (Lipinski definition) is 1. The van der Waals surface area contributed by atoms with Gasteiger partial charge in [0.25, 0.3) is 0 Å². The van der Waals surface area contributed by atoms with Crippen LogP contribution in [0.25, 0.3) is 0 Å². The highest BCUT2D eigenvalue weighted by molar-refractivity contribution is 5.77. The number of piperidine rings is 1. The molecule has 3 rings (SSSR count). The average molecular weight is 337 g/mol. The molecule has 1 heterocycles. The second-order valence-electron chi connectivity index (χ2n) is 7.09. The van der Waals surface area contributed by atoms with Crippen molar-refractivity contribution in [3.63, 3.8) is 0 Å². The number of likely N-dealkylation sites (tertiary alicyclic amines) is 1. The lowest BCUT2D eigenvalue weighted by Crippen LogP contribution is -2.40. The third kappa shape index (κ3) is 4.49. The van der Waals surface area contributed by atoms with Crippen molar-refractivity contribution < 1.29 is 9.90 Å². The molecule has 0 aromatic heterocycles. The minimum Gasteiger partial charge on any atom is -0.388 e. The van der Waals surface area contributed by atoms with Crippen LogP contribution in [0.15, 0.2) is 60.7 Å². The van der Waals surface area contributed by atoms with Crippen molar-refractivity contribution in [2.75, 3.05) is 13.1 Å². The minimum absolute atomic E-state index is 0.226. The van der Waals surface area contributed by atoms with Crippen LogP contribution < -0.4 is 0 Å². The number of aliphatic hydroxyl groups is 1. The fraction of sp³-hybridized carbons (Fsp3) is 0.409. The maximum atomic E-state index is 12.6. The molecule has 0 aliphatic carbocycles. The lowest BCUT2D eigenvalue weighted by atomic mass is 9.87. The number of benzene rings is 2. The van der Waals surface area contributed by atoms with Gasteiger partial charge in [0.1, 0.15) is 0 Å². The lowest BCUT2D eigenvalue weighted by molar-refractivity contribution is -0.133. The summed E-state index contributed by atoms with van der Waals surface area (Å²) in [6.07, 6.45) is 1.85. The maximum Gasteiger partial charge on any atom is 0.223 e. The van der Waals surface area contributed by atoms with E-state index in [-0.39, 0.29) is 17.7 Å². The monoisotopic (exact) mass is 337 g/mol. The molecule has 1 amide bonds. The van der Waals surface area contributed by atoms with Crippen LogP contribution in [0.1, 0.15) is 49.3 Å². The normalized spacial score (nSPS) is 17.9. The third-order valence-electron chi connectivity index (χ3n) is 5.33. The van der Waals surface area contributed by atoms with Crippen molar-refractivity contribution in [1.82, 2.24) is 4.90 Å². The first-order chi connectivity index (χ1) is 12.1. The molecular weight excluding hydrogens is 310 g/mol. The average Bonchev–Trinajstić information content (AvgIpc) is 2.69. The molecule has 0 spiro atoms. The van der Waals surface area contributed by atoms with E-state index in [9.17, 15) is 9.90 Å². The number of carbonyl (C=O) groups excluding carboxylic acids is 1. The molecule has 1 aliphatic rings. The maximum absolute atomic E-state index is 12.6. The number of amides is 1. The van der Waals surface area contributed by atoms with Crippen LogP contribution in [-0.2, 0) is 4.79 Å². The standard InChI is InChI=1S/C22H27NO2/c1-17(18-8-4-2-5-9-18)16-21(24)23-14-12-20(13-15-23)22(25)19-10-6-3-7-11-19/h2-11,17,20,22,25H,12-16H2,1H3/t17-,22+/m1/s1. The Kier molecular flexibility index (Phi) is 5.87. The van der Waals surface area contributed by atoms with E-state index in [0.29, 0.717) is 6.42 Å². The van der Waals surface area contributed by atoms with E-state index in [4.69, 9.17) is 0 Å². The second kappa shape index (κ2) is 8.30. The highest BCUT2D eigenvalue weighted by atomic mass is 16.3. The fourth-order valence-electron chi connectivity index (χ4n) is 3.68. The van der Waals surface area contributed by atoms with Gasteiger partial charge in [-0.2, -0.15) is 0 Å². The first-order valence-corrected chi connectivity index (χ1v) is 9.21. The van der Waals surface area contributed by atoms with Gasteiger partial charge in [0.05, 0.1) is 6.10 Å². The largest absolute Gasteiger partial charge is 0.388 e. The van der Waals surface area contributed by atoms with Crippen molar-refractivity contribution in [1.29, 1.82) is 0 Å². The summed E-state index contributed by atoms with van der Waals surface area (Å²) in [7, 11) is 0. The molecule has 2 aromatic carbocycles. The molecular formula is C22H27NO2. The van der Waals surface area contributed by atoms with E-state index < -0.39 is 6.10 Å². The number of rotatable bonds is 5. The van der Waals surface area contributed by atoms with E-state index in [2.05, 4.69) is 19.1 Å². The zero-order valence-corrected chi connectivity index (χ0v) is 14.8. The summed E-state index contributed by atoms with van der Waals surface area (Å²) in [5.41, 5.74) is 2.19. The number of hydrogen-bond acceptors (Lipinski definition) is 2. The van der Waals surface area contributed by atoms with Gasteiger partial charge in [0.15, 0.2) is 0 Å². The smallest absolute Gasteiger partial charge is 0.223 e. The predicted octanol–water partition coefficient (Wildman–Crippen LogP) is 4.15. The van der Waals surface area contributed by atoms with Crippen molar-refractivity contribution in [2.24, 2.45) is 5.92 Å². The molecule has 3 nitrogen and oxygen atoms in total. The summed E-state index contributed by atoms with van der Waals surface area (Å²) in [4.78, 5) is 14.6. The van der Waals surface area contributed by atoms with E-state index >= 15 is 0 Å². The van der Waals surface area contributed by atoms with Crippen LogP contribution in [-0.4, -0.2) is 29.0 Å². The summed E-state index contributed by atoms with van der Waals surface area (Å²) < 4.78 is 0. The Hall–Kier alpha value is -2.13. The Labute approximate surface area is 150 Å². The van der Waals surface area contributed by atoms with Gasteiger partial charge in [-0.3, -0.25) is 4.79 Å². The Morgan fingerprint density at radius 1 is 1.00 bits per heavy atom. The van der Waals surface area contributed by atoms with Crippen LogP contribution in [0.5, 0.6) is 0 Å². The molecule has 1 fully saturated rings. The summed E-state index contributed by atoms with van der Waals surface area (Å²) in [5, 5.41) is 10.6. The first-order valence-electron chi connectivity index (χ1n) is 9.21. The molecule has 132 valence electrons. The van der Waals surface area contributed by atoms with Crippen molar-refractivity contribution in [3.05, 3.63) is 71.8 Å². The first kappa shape index (κ1) is 17.7. The van der Waals surface area contributed by atoms with Gasteiger partial charge < -0.3 is 10.0 Å².